The van der Waals surface area contributed by atoms with Crippen molar-refractivity contribution in [3.05, 3.63) is 57.6 Å². The molecule has 1 unspecified atom stereocenters. The van der Waals surface area contributed by atoms with Gasteiger partial charge in [-0.3, -0.25) is 9.59 Å². The zero-order valence-electron chi connectivity index (χ0n) is 20.5. The highest BCUT2D eigenvalue weighted by molar-refractivity contribution is 5.92. The highest BCUT2D eigenvalue weighted by atomic mass is 16.5. The largest absolute Gasteiger partial charge is 0.496 e. The first-order valence-electron chi connectivity index (χ1n) is 11.4. The van der Waals surface area contributed by atoms with E-state index in [2.05, 4.69) is 9.97 Å². The van der Waals surface area contributed by atoms with Gasteiger partial charge in [0.15, 0.2) is 11.5 Å². The van der Waals surface area contributed by atoms with Gasteiger partial charge in [0, 0.05) is 36.2 Å². The number of carbonyl (C=O) groups excluding carboxylic acids is 1. The molecule has 0 fully saturated rings. The predicted molar refractivity (Wildman–Crippen MR) is 132 cm³/mol. The molecule has 9 heteroatoms. The summed E-state index contributed by atoms with van der Waals surface area (Å²) >= 11 is 0. The van der Waals surface area contributed by atoms with E-state index in [0.29, 0.717) is 40.5 Å². The van der Waals surface area contributed by atoms with Crippen LogP contribution in [0.1, 0.15) is 30.8 Å². The molecule has 4 rings (SSSR count). The van der Waals surface area contributed by atoms with Crippen LogP contribution in [0.5, 0.6) is 23.0 Å². The van der Waals surface area contributed by atoms with Crippen LogP contribution in [0.3, 0.4) is 0 Å². The lowest BCUT2D eigenvalue weighted by molar-refractivity contribution is -0.126. The molecule has 0 radical (unpaired) electrons. The van der Waals surface area contributed by atoms with Crippen molar-refractivity contribution in [3.63, 3.8) is 0 Å². The van der Waals surface area contributed by atoms with E-state index in [9.17, 15) is 9.59 Å². The molecule has 1 N–H and O–H groups in total. The van der Waals surface area contributed by atoms with E-state index in [-0.39, 0.29) is 24.1 Å². The van der Waals surface area contributed by atoms with Gasteiger partial charge in [-0.1, -0.05) is 0 Å². The number of fused-ring (bicyclic) bond motifs is 2. The average molecular weight is 480 g/mol. The number of aromatic nitrogens is 2. The summed E-state index contributed by atoms with van der Waals surface area (Å²) in [4.78, 5) is 34.5. The van der Waals surface area contributed by atoms with E-state index < -0.39 is 0 Å². The van der Waals surface area contributed by atoms with Crippen molar-refractivity contribution < 1.29 is 23.7 Å². The molecule has 0 saturated heterocycles. The van der Waals surface area contributed by atoms with E-state index in [0.717, 1.165) is 23.3 Å². The standard InChI is InChI=1S/C26H29N3O6/c1-6-29(14-24-27-19-13-23(34-5)22(33-4)12-18(19)26(31)28-24)25(30)8-7-16-10-21-17(9-15(2)35-21)11-20(16)32-3/h7-8,10-13,15H,6,9,14H2,1-5H3,(H,27,28,31). The molecule has 1 aliphatic rings. The van der Waals surface area contributed by atoms with Crippen LogP contribution in [0.2, 0.25) is 0 Å². The summed E-state index contributed by atoms with van der Waals surface area (Å²) in [5, 5.41) is 0.376. The molecular weight excluding hydrogens is 450 g/mol. The molecular formula is C26H29N3O6. The van der Waals surface area contributed by atoms with E-state index in [1.165, 1.54) is 20.3 Å². The van der Waals surface area contributed by atoms with Crippen molar-refractivity contribution in [1.29, 1.82) is 0 Å². The fourth-order valence-electron chi connectivity index (χ4n) is 4.14. The topological polar surface area (TPSA) is 103 Å². The second-order valence-electron chi connectivity index (χ2n) is 8.26. The number of amides is 1. The molecule has 184 valence electrons. The summed E-state index contributed by atoms with van der Waals surface area (Å²) in [5.41, 5.74) is 1.98. The Hall–Kier alpha value is -4.01. The van der Waals surface area contributed by atoms with Crippen molar-refractivity contribution >= 4 is 22.9 Å². The highest BCUT2D eigenvalue weighted by Gasteiger charge is 2.21. The number of H-pyrrole nitrogens is 1. The van der Waals surface area contributed by atoms with Gasteiger partial charge in [-0.15, -0.1) is 0 Å². The minimum Gasteiger partial charge on any atom is -0.496 e. The number of ether oxygens (including phenoxy) is 4. The maximum atomic E-state index is 13.0. The fourth-order valence-corrected chi connectivity index (χ4v) is 4.14. The van der Waals surface area contributed by atoms with E-state index in [1.54, 1.807) is 30.2 Å². The lowest BCUT2D eigenvalue weighted by atomic mass is 10.1. The third-order valence-corrected chi connectivity index (χ3v) is 5.95. The van der Waals surface area contributed by atoms with Crippen molar-refractivity contribution in [2.45, 2.75) is 32.9 Å². The SMILES string of the molecule is CCN(Cc1nc2cc(OC)c(OC)cc2c(=O)[nH]1)C(=O)C=Cc1cc2c(cc1OC)CC(C)O2. The zero-order valence-corrected chi connectivity index (χ0v) is 20.5. The molecule has 9 nitrogen and oxygen atoms in total. The molecule has 0 bridgehead atoms. The minimum absolute atomic E-state index is 0.115. The highest BCUT2D eigenvalue weighted by Crippen LogP contribution is 2.35. The Labute approximate surface area is 203 Å². The normalized spacial score (nSPS) is 14.6. The van der Waals surface area contributed by atoms with E-state index in [1.807, 2.05) is 26.0 Å². The predicted octanol–water partition coefficient (Wildman–Crippen LogP) is 3.33. The van der Waals surface area contributed by atoms with Gasteiger partial charge in [0.2, 0.25) is 5.91 Å². The second kappa shape index (κ2) is 10.1. The number of carbonyl (C=O) groups is 1. The van der Waals surface area contributed by atoms with Crippen LogP contribution in [0, 0.1) is 0 Å². The Morgan fingerprint density at radius 3 is 2.54 bits per heavy atom. The van der Waals surface area contributed by atoms with Gasteiger partial charge in [0.1, 0.15) is 23.4 Å². The van der Waals surface area contributed by atoms with Gasteiger partial charge in [-0.25, -0.2) is 4.98 Å². The van der Waals surface area contributed by atoms with Crippen molar-refractivity contribution in [1.82, 2.24) is 14.9 Å². The van der Waals surface area contributed by atoms with Gasteiger partial charge in [-0.2, -0.15) is 0 Å². The summed E-state index contributed by atoms with van der Waals surface area (Å²) in [6, 6.07) is 7.08. The molecule has 0 spiro atoms. The Balaban J connectivity index is 1.57. The van der Waals surface area contributed by atoms with Crippen LogP contribution in [-0.4, -0.2) is 54.8 Å². The zero-order chi connectivity index (χ0) is 25.1. The molecule has 1 amide bonds. The monoisotopic (exact) mass is 479 g/mol. The van der Waals surface area contributed by atoms with Crippen molar-refractivity contribution in [2.24, 2.45) is 0 Å². The number of hydrogen-bond donors (Lipinski definition) is 1. The van der Waals surface area contributed by atoms with Crippen molar-refractivity contribution in [2.75, 3.05) is 27.9 Å². The lowest BCUT2D eigenvalue weighted by Gasteiger charge is -2.19. The van der Waals surface area contributed by atoms with Crippen LogP contribution in [0.15, 0.2) is 35.1 Å². The summed E-state index contributed by atoms with van der Waals surface area (Å²) in [7, 11) is 4.62. The minimum atomic E-state index is -0.317. The maximum Gasteiger partial charge on any atom is 0.258 e. The van der Waals surface area contributed by atoms with E-state index in [4.69, 9.17) is 18.9 Å². The Bertz CT molecular complexity index is 1350. The van der Waals surface area contributed by atoms with Gasteiger partial charge in [0.25, 0.3) is 5.56 Å². The van der Waals surface area contributed by atoms with Crippen LogP contribution < -0.4 is 24.5 Å². The van der Waals surface area contributed by atoms with Gasteiger partial charge < -0.3 is 28.8 Å². The number of methoxy groups -OCH3 is 3. The van der Waals surface area contributed by atoms with E-state index >= 15 is 0 Å². The van der Waals surface area contributed by atoms with Crippen LogP contribution in [-0.2, 0) is 17.8 Å². The lowest BCUT2D eigenvalue weighted by Crippen LogP contribution is -2.30. The number of nitrogens with one attached hydrogen (secondary N) is 1. The number of nitrogens with zero attached hydrogens (tertiary/aromatic N) is 2. The summed E-state index contributed by atoms with van der Waals surface area (Å²) in [5.74, 6) is 2.55. The second-order valence-corrected chi connectivity index (χ2v) is 8.26. The Morgan fingerprint density at radius 2 is 1.86 bits per heavy atom. The van der Waals surface area contributed by atoms with Gasteiger partial charge in [0.05, 0.1) is 38.8 Å². The number of rotatable bonds is 8. The molecule has 0 saturated carbocycles. The summed E-state index contributed by atoms with van der Waals surface area (Å²) in [6.07, 6.45) is 4.14. The average Bonchev–Trinajstić information content (AvgIpc) is 3.22. The smallest absolute Gasteiger partial charge is 0.258 e. The number of benzene rings is 2. The van der Waals surface area contributed by atoms with Crippen LogP contribution in [0.4, 0.5) is 0 Å². The first-order chi connectivity index (χ1) is 16.9. The number of likely N-dealkylation sites (N-methyl/N-ethyl adjacent to an activating group) is 1. The first-order valence-corrected chi connectivity index (χ1v) is 11.4. The number of hydrogen-bond acceptors (Lipinski definition) is 7. The molecule has 1 aliphatic heterocycles. The van der Waals surface area contributed by atoms with Gasteiger partial charge in [-0.05, 0) is 38.1 Å². The fraction of sp³-hybridized carbons (Fsp3) is 0.346. The Kier molecular flexibility index (Phi) is 6.95. The Morgan fingerprint density at radius 1 is 1.14 bits per heavy atom. The first kappa shape index (κ1) is 24.1. The summed E-state index contributed by atoms with van der Waals surface area (Å²) in [6.45, 7) is 4.45. The van der Waals surface area contributed by atoms with Crippen LogP contribution >= 0.6 is 0 Å². The molecule has 35 heavy (non-hydrogen) atoms. The third kappa shape index (κ3) is 4.94. The quantitative estimate of drug-likeness (QED) is 0.494. The molecule has 2 heterocycles. The molecule has 3 aromatic rings. The molecule has 1 aromatic heterocycles. The molecule has 0 aliphatic carbocycles. The van der Waals surface area contributed by atoms with Crippen LogP contribution in [0.25, 0.3) is 17.0 Å². The summed E-state index contributed by atoms with van der Waals surface area (Å²) < 4.78 is 21.9. The molecule has 1 atom stereocenters. The molecule has 2 aromatic carbocycles. The maximum absolute atomic E-state index is 13.0. The third-order valence-electron chi connectivity index (χ3n) is 5.95. The van der Waals surface area contributed by atoms with Crippen molar-refractivity contribution in [3.8, 4) is 23.0 Å². The van der Waals surface area contributed by atoms with Gasteiger partial charge >= 0.3 is 0 Å². The number of aromatic amines is 1.